The minimum absolute atomic E-state index is 0.0493. The highest BCUT2D eigenvalue weighted by molar-refractivity contribution is 5.95. The van der Waals surface area contributed by atoms with Crippen molar-refractivity contribution < 1.29 is 4.79 Å². The first-order valence-electron chi connectivity index (χ1n) is 8.96. The lowest BCUT2D eigenvalue weighted by Gasteiger charge is -2.33. The average Bonchev–Trinajstić information content (AvgIpc) is 3.06. The Labute approximate surface area is 152 Å². The van der Waals surface area contributed by atoms with E-state index < -0.39 is 0 Å². The van der Waals surface area contributed by atoms with Crippen LogP contribution in [0.5, 0.6) is 0 Å². The van der Waals surface area contributed by atoms with Crippen LogP contribution in [0, 0.1) is 0 Å². The van der Waals surface area contributed by atoms with E-state index in [4.69, 9.17) is 5.10 Å². The molecule has 1 aliphatic heterocycles. The van der Waals surface area contributed by atoms with Crippen molar-refractivity contribution in [2.24, 2.45) is 0 Å². The summed E-state index contributed by atoms with van der Waals surface area (Å²) in [7, 11) is 0. The number of nitrogens with zero attached hydrogens (tertiary/aromatic N) is 3. The second-order valence-electron chi connectivity index (χ2n) is 6.58. The lowest BCUT2D eigenvalue weighted by Crippen LogP contribution is -2.51. The smallest absolute Gasteiger partial charge is 0.246 e. The van der Waals surface area contributed by atoms with Gasteiger partial charge in [-0.2, -0.15) is 5.10 Å². The molecule has 1 fully saturated rings. The summed E-state index contributed by atoms with van der Waals surface area (Å²) in [6, 6.07) is 16.2. The van der Waals surface area contributed by atoms with Crippen LogP contribution in [0.2, 0.25) is 0 Å². The molecule has 1 atom stereocenters. The van der Waals surface area contributed by atoms with Gasteiger partial charge in [-0.15, -0.1) is 0 Å². The number of piperazine rings is 1. The number of aromatic nitrogens is 2. The zero-order valence-electron chi connectivity index (χ0n) is 14.8. The number of carbonyl (C=O) groups excluding carboxylic acids is 1. The maximum absolute atomic E-state index is 12.7. The van der Waals surface area contributed by atoms with E-state index in [1.807, 2.05) is 70.2 Å². The number of carbonyl (C=O) groups is 1. The Hall–Kier alpha value is -2.92. The first kappa shape index (κ1) is 16.5. The average molecular weight is 346 g/mol. The van der Waals surface area contributed by atoms with Gasteiger partial charge in [0.2, 0.25) is 5.91 Å². The molecule has 1 aliphatic rings. The molecule has 3 heterocycles. The topological polar surface area (TPSA) is 49.6 Å². The molecule has 3 aromatic rings. The Morgan fingerprint density at radius 1 is 1.19 bits per heavy atom. The zero-order chi connectivity index (χ0) is 17.9. The van der Waals surface area contributed by atoms with Gasteiger partial charge in [-0.25, -0.2) is 4.52 Å². The van der Waals surface area contributed by atoms with Crippen molar-refractivity contribution in [3.8, 4) is 11.3 Å². The van der Waals surface area contributed by atoms with E-state index in [1.165, 1.54) is 0 Å². The van der Waals surface area contributed by atoms with Gasteiger partial charge in [0.05, 0.1) is 5.52 Å². The van der Waals surface area contributed by atoms with Gasteiger partial charge in [-0.3, -0.25) is 4.79 Å². The summed E-state index contributed by atoms with van der Waals surface area (Å²) in [5.74, 6) is 0.0493. The standard InChI is InChI=1S/C21H22N4O/c1-16-15-22-12-14-24(16)20(26)11-10-18-19-9-5-6-13-25(19)23-21(18)17-7-3-2-4-8-17/h2-11,13,16,22H,12,14-15H2,1H3. The van der Waals surface area contributed by atoms with Crippen molar-refractivity contribution >= 4 is 17.5 Å². The van der Waals surface area contributed by atoms with E-state index in [0.29, 0.717) is 0 Å². The van der Waals surface area contributed by atoms with Crippen LogP contribution in [0.4, 0.5) is 0 Å². The molecule has 132 valence electrons. The van der Waals surface area contributed by atoms with E-state index >= 15 is 0 Å². The normalized spacial score (nSPS) is 17.9. The maximum Gasteiger partial charge on any atom is 0.246 e. The zero-order valence-corrected chi connectivity index (χ0v) is 14.8. The van der Waals surface area contributed by atoms with Crippen LogP contribution < -0.4 is 5.32 Å². The SMILES string of the molecule is CC1CNCCN1C(=O)C=Cc1c(-c2ccccc2)nn2ccccc12. The van der Waals surface area contributed by atoms with Crippen LogP contribution in [0.1, 0.15) is 12.5 Å². The number of pyridine rings is 1. The molecule has 0 saturated carbocycles. The molecule has 1 N–H and O–H groups in total. The predicted molar refractivity (Wildman–Crippen MR) is 104 cm³/mol. The van der Waals surface area contributed by atoms with E-state index in [9.17, 15) is 4.79 Å². The van der Waals surface area contributed by atoms with Crippen LogP contribution in [0.25, 0.3) is 22.9 Å². The molecular weight excluding hydrogens is 324 g/mol. The van der Waals surface area contributed by atoms with Gasteiger partial charge < -0.3 is 10.2 Å². The molecule has 0 bridgehead atoms. The van der Waals surface area contributed by atoms with Gasteiger partial charge in [0.15, 0.2) is 0 Å². The third-order valence-corrected chi connectivity index (χ3v) is 4.80. The highest BCUT2D eigenvalue weighted by Crippen LogP contribution is 2.27. The number of hydrogen-bond donors (Lipinski definition) is 1. The predicted octanol–water partition coefficient (Wildman–Crippen LogP) is 2.83. The fraction of sp³-hybridized carbons (Fsp3) is 0.238. The van der Waals surface area contributed by atoms with Crippen molar-refractivity contribution in [1.82, 2.24) is 19.8 Å². The molecule has 26 heavy (non-hydrogen) atoms. The van der Waals surface area contributed by atoms with E-state index in [0.717, 1.165) is 42.0 Å². The third-order valence-electron chi connectivity index (χ3n) is 4.80. The second-order valence-corrected chi connectivity index (χ2v) is 6.58. The van der Waals surface area contributed by atoms with Crippen molar-refractivity contribution in [2.45, 2.75) is 13.0 Å². The molecule has 0 radical (unpaired) electrons. The summed E-state index contributed by atoms with van der Waals surface area (Å²) >= 11 is 0. The maximum atomic E-state index is 12.7. The minimum atomic E-state index is 0.0493. The summed E-state index contributed by atoms with van der Waals surface area (Å²) in [6.45, 7) is 4.49. The van der Waals surface area contributed by atoms with E-state index in [-0.39, 0.29) is 11.9 Å². The Morgan fingerprint density at radius 3 is 2.81 bits per heavy atom. The lowest BCUT2D eigenvalue weighted by molar-refractivity contribution is -0.128. The Bertz CT molecular complexity index is 945. The van der Waals surface area contributed by atoms with Gasteiger partial charge in [-0.1, -0.05) is 36.4 Å². The molecular formula is C21H22N4O. The monoisotopic (exact) mass is 346 g/mol. The fourth-order valence-electron chi connectivity index (χ4n) is 3.41. The molecule has 4 rings (SSSR count). The summed E-state index contributed by atoms with van der Waals surface area (Å²) in [5, 5.41) is 8.03. The summed E-state index contributed by atoms with van der Waals surface area (Å²) in [5.41, 5.74) is 3.88. The number of hydrogen-bond acceptors (Lipinski definition) is 3. The van der Waals surface area contributed by atoms with Crippen LogP contribution in [-0.4, -0.2) is 46.1 Å². The van der Waals surface area contributed by atoms with Crippen molar-refractivity contribution in [2.75, 3.05) is 19.6 Å². The van der Waals surface area contributed by atoms with E-state index in [2.05, 4.69) is 12.2 Å². The van der Waals surface area contributed by atoms with Crippen LogP contribution in [0.3, 0.4) is 0 Å². The van der Waals surface area contributed by atoms with Crippen LogP contribution in [-0.2, 0) is 4.79 Å². The number of benzene rings is 1. The number of amides is 1. The number of rotatable bonds is 3. The Kier molecular flexibility index (Phi) is 4.54. The summed E-state index contributed by atoms with van der Waals surface area (Å²) < 4.78 is 1.86. The molecule has 5 heteroatoms. The third kappa shape index (κ3) is 3.13. The van der Waals surface area contributed by atoms with Gasteiger partial charge in [0.1, 0.15) is 5.69 Å². The molecule has 1 unspecified atom stereocenters. The molecule has 5 nitrogen and oxygen atoms in total. The van der Waals surface area contributed by atoms with Crippen molar-refractivity contribution in [3.05, 3.63) is 66.4 Å². The largest absolute Gasteiger partial charge is 0.334 e. The number of nitrogens with one attached hydrogen (secondary N) is 1. The fourth-order valence-corrected chi connectivity index (χ4v) is 3.41. The highest BCUT2D eigenvalue weighted by Gasteiger charge is 2.21. The van der Waals surface area contributed by atoms with Crippen LogP contribution in [0.15, 0.2) is 60.8 Å². The first-order valence-corrected chi connectivity index (χ1v) is 8.96. The molecule has 1 amide bonds. The lowest BCUT2D eigenvalue weighted by atomic mass is 10.1. The van der Waals surface area contributed by atoms with Gasteiger partial charge in [0.25, 0.3) is 0 Å². The quantitative estimate of drug-likeness (QED) is 0.742. The van der Waals surface area contributed by atoms with Crippen molar-refractivity contribution in [3.63, 3.8) is 0 Å². The Morgan fingerprint density at radius 2 is 2.00 bits per heavy atom. The highest BCUT2D eigenvalue weighted by atomic mass is 16.2. The Balaban J connectivity index is 1.72. The molecule has 2 aromatic heterocycles. The molecule has 0 spiro atoms. The molecule has 1 aromatic carbocycles. The molecule has 1 saturated heterocycles. The van der Waals surface area contributed by atoms with Crippen molar-refractivity contribution in [1.29, 1.82) is 0 Å². The van der Waals surface area contributed by atoms with E-state index in [1.54, 1.807) is 6.08 Å². The van der Waals surface area contributed by atoms with Gasteiger partial charge in [-0.05, 0) is 25.1 Å². The molecule has 0 aliphatic carbocycles. The van der Waals surface area contributed by atoms with Crippen LogP contribution >= 0.6 is 0 Å². The summed E-state index contributed by atoms with van der Waals surface area (Å²) in [4.78, 5) is 14.6. The number of fused-ring (bicyclic) bond motifs is 1. The summed E-state index contributed by atoms with van der Waals surface area (Å²) in [6.07, 6.45) is 5.51. The van der Waals surface area contributed by atoms with Gasteiger partial charge in [0, 0.05) is 49.1 Å². The first-order chi connectivity index (χ1) is 12.7. The van der Waals surface area contributed by atoms with Gasteiger partial charge >= 0.3 is 0 Å². The minimum Gasteiger partial charge on any atom is -0.334 e. The second kappa shape index (κ2) is 7.14.